The summed E-state index contributed by atoms with van der Waals surface area (Å²) in [4.78, 5) is 3.52. The quantitative estimate of drug-likeness (QED) is 0.838. The molecule has 1 atom stereocenters. The number of halogens is 3. The zero-order chi connectivity index (χ0) is 9.84. The zero-order valence-corrected chi connectivity index (χ0v) is 8.21. The molecule has 72 valence electrons. The summed E-state index contributed by atoms with van der Waals surface area (Å²) >= 11 is 3.01. The van der Waals surface area contributed by atoms with Gasteiger partial charge in [-0.3, -0.25) is 4.98 Å². The highest BCUT2D eigenvalue weighted by atomic mass is 79.9. The number of aromatic nitrogens is 1. The van der Waals surface area contributed by atoms with Crippen LogP contribution >= 0.6 is 15.9 Å². The zero-order valence-electron chi connectivity index (χ0n) is 6.62. The summed E-state index contributed by atoms with van der Waals surface area (Å²) in [6.07, 6.45) is -2.30. The van der Waals surface area contributed by atoms with Crippen molar-refractivity contribution in [3.63, 3.8) is 0 Å². The molecule has 0 radical (unpaired) electrons. The maximum atomic E-state index is 12.3. The van der Waals surface area contributed by atoms with Crippen LogP contribution in [0.5, 0.6) is 0 Å². The number of nitrogens with zero attached hydrogens (tertiary/aromatic N) is 1. The van der Waals surface area contributed by atoms with Crippen LogP contribution in [0.15, 0.2) is 18.3 Å². The van der Waals surface area contributed by atoms with Gasteiger partial charge in [-0.1, -0.05) is 22.0 Å². The highest BCUT2D eigenvalue weighted by Gasteiger charge is 2.18. The van der Waals surface area contributed by atoms with E-state index in [0.29, 0.717) is 0 Å². The van der Waals surface area contributed by atoms with E-state index in [1.54, 1.807) is 0 Å². The standard InChI is InChI=1S/C8H8BrF2NO/c9-4-6(13)5-2-1-3-12-7(5)8(10)11/h1-3,6,8,13H,4H2/t6-/m1/s1. The van der Waals surface area contributed by atoms with Gasteiger partial charge in [0.2, 0.25) is 0 Å². The van der Waals surface area contributed by atoms with Crippen LogP contribution in [0.4, 0.5) is 8.78 Å². The largest absolute Gasteiger partial charge is 0.387 e. The van der Waals surface area contributed by atoms with Crippen molar-refractivity contribution in [1.82, 2.24) is 4.98 Å². The second-order valence-electron chi connectivity index (χ2n) is 2.45. The van der Waals surface area contributed by atoms with Crippen molar-refractivity contribution >= 4 is 15.9 Å². The Bertz CT molecular complexity index is 283. The highest BCUT2D eigenvalue weighted by Crippen LogP contribution is 2.25. The molecule has 5 heteroatoms. The fourth-order valence-electron chi connectivity index (χ4n) is 0.977. The first-order valence-electron chi connectivity index (χ1n) is 3.63. The van der Waals surface area contributed by atoms with Crippen molar-refractivity contribution in [2.24, 2.45) is 0 Å². The van der Waals surface area contributed by atoms with Crippen molar-refractivity contribution in [3.8, 4) is 0 Å². The third kappa shape index (κ3) is 2.45. The Kier molecular flexibility index (Phi) is 3.74. The molecule has 0 aliphatic heterocycles. The lowest BCUT2D eigenvalue weighted by molar-refractivity contribution is 0.136. The second kappa shape index (κ2) is 4.62. The second-order valence-corrected chi connectivity index (χ2v) is 3.10. The number of alkyl halides is 3. The first kappa shape index (κ1) is 10.5. The predicted molar refractivity (Wildman–Crippen MR) is 47.9 cm³/mol. The van der Waals surface area contributed by atoms with Gasteiger partial charge in [-0.2, -0.15) is 0 Å². The van der Waals surface area contributed by atoms with Crippen LogP contribution in [0.25, 0.3) is 0 Å². The molecule has 0 unspecified atom stereocenters. The van der Waals surface area contributed by atoms with Gasteiger partial charge in [-0.15, -0.1) is 0 Å². The molecule has 1 N–H and O–H groups in total. The van der Waals surface area contributed by atoms with Crippen molar-refractivity contribution in [2.45, 2.75) is 12.5 Å². The van der Waals surface area contributed by atoms with Gasteiger partial charge < -0.3 is 5.11 Å². The Morgan fingerprint density at radius 2 is 2.23 bits per heavy atom. The van der Waals surface area contributed by atoms with E-state index in [9.17, 15) is 13.9 Å². The van der Waals surface area contributed by atoms with E-state index >= 15 is 0 Å². The Hall–Kier alpha value is -0.550. The summed E-state index contributed by atoms with van der Waals surface area (Å²) in [7, 11) is 0. The minimum Gasteiger partial charge on any atom is -0.387 e. The van der Waals surface area contributed by atoms with Crippen LogP contribution in [0.2, 0.25) is 0 Å². The molecule has 13 heavy (non-hydrogen) atoms. The van der Waals surface area contributed by atoms with Gasteiger partial charge >= 0.3 is 0 Å². The molecule has 1 aromatic heterocycles. The first-order valence-corrected chi connectivity index (χ1v) is 4.76. The SMILES string of the molecule is O[C@H](CBr)c1cccnc1C(F)F. The Morgan fingerprint density at radius 3 is 2.77 bits per heavy atom. The maximum Gasteiger partial charge on any atom is 0.280 e. The van der Waals surface area contributed by atoms with E-state index < -0.39 is 12.5 Å². The molecule has 0 bridgehead atoms. The predicted octanol–water partition coefficient (Wildman–Crippen LogP) is 2.45. The number of pyridine rings is 1. The van der Waals surface area contributed by atoms with Crippen LogP contribution < -0.4 is 0 Å². The average Bonchev–Trinajstić information content (AvgIpc) is 2.16. The molecule has 0 aromatic carbocycles. The summed E-state index contributed by atoms with van der Waals surface area (Å²) in [6.45, 7) is 0. The normalized spacial score (nSPS) is 13.3. The van der Waals surface area contributed by atoms with Crippen LogP contribution in [0, 0.1) is 0 Å². The number of rotatable bonds is 3. The molecular formula is C8H8BrF2NO. The Labute approximate surface area is 82.7 Å². The molecule has 1 rings (SSSR count). The number of hydrogen-bond acceptors (Lipinski definition) is 2. The fourth-order valence-corrected chi connectivity index (χ4v) is 1.33. The molecule has 0 saturated heterocycles. The van der Waals surface area contributed by atoms with Gasteiger partial charge in [0.1, 0.15) is 5.69 Å². The minimum atomic E-state index is -2.65. The monoisotopic (exact) mass is 251 g/mol. The number of hydrogen-bond donors (Lipinski definition) is 1. The first-order chi connectivity index (χ1) is 6.16. The Morgan fingerprint density at radius 1 is 1.54 bits per heavy atom. The number of aliphatic hydroxyl groups excluding tert-OH is 1. The summed E-state index contributed by atoms with van der Waals surface area (Å²) in [6, 6.07) is 2.97. The van der Waals surface area contributed by atoms with Crippen LogP contribution in [-0.2, 0) is 0 Å². The average molecular weight is 252 g/mol. The van der Waals surface area contributed by atoms with E-state index in [1.807, 2.05) is 0 Å². The number of aliphatic hydroxyl groups is 1. The maximum absolute atomic E-state index is 12.3. The molecule has 0 amide bonds. The molecular weight excluding hydrogens is 244 g/mol. The van der Waals surface area contributed by atoms with Crippen LogP contribution in [0.1, 0.15) is 23.8 Å². The van der Waals surface area contributed by atoms with E-state index in [2.05, 4.69) is 20.9 Å². The van der Waals surface area contributed by atoms with Crippen LogP contribution in [-0.4, -0.2) is 15.4 Å². The summed E-state index contributed by atoms with van der Waals surface area (Å²) in [5.41, 5.74) is -0.177. The molecule has 2 nitrogen and oxygen atoms in total. The molecule has 0 aliphatic rings. The van der Waals surface area contributed by atoms with Crippen molar-refractivity contribution in [2.75, 3.05) is 5.33 Å². The fraction of sp³-hybridized carbons (Fsp3) is 0.375. The highest BCUT2D eigenvalue weighted by molar-refractivity contribution is 9.09. The van der Waals surface area contributed by atoms with Gasteiger partial charge in [0.25, 0.3) is 6.43 Å². The third-order valence-corrected chi connectivity index (χ3v) is 2.20. The van der Waals surface area contributed by atoms with E-state index in [1.165, 1.54) is 18.3 Å². The summed E-state index contributed by atoms with van der Waals surface area (Å²) in [5, 5.41) is 9.56. The van der Waals surface area contributed by atoms with Gasteiger partial charge in [0, 0.05) is 17.1 Å². The van der Waals surface area contributed by atoms with E-state index in [4.69, 9.17) is 0 Å². The van der Waals surface area contributed by atoms with Crippen molar-refractivity contribution < 1.29 is 13.9 Å². The lowest BCUT2D eigenvalue weighted by Gasteiger charge is -2.11. The van der Waals surface area contributed by atoms with Crippen LogP contribution in [0.3, 0.4) is 0 Å². The topological polar surface area (TPSA) is 33.1 Å². The van der Waals surface area contributed by atoms with Gasteiger partial charge in [0.05, 0.1) is 6.10 Å². The van der Waals surface area contributed by atoms with E-state index in [0.717, 1.165) is 0 Å². The minimum absolute atomic E-state index is 0.175. The summed E-state index contributed by atoms with van der Waals surface area (Å²) < 4.78 is 24.7. The van der Waals surface area contributed by atoms with E-state index in [-0.39, 0.29) is 16.6 Å². The molecule has 1 heterocycles. The Balaban J connectivity index is 3.04. The summed E-state index contributed by atoms with van der Waals surface area (Å²) in [5.74, 6) is 0. The lowest BCUT2D eigenvalue weighted by Crippen LogP contribution is -2.05. The molecule has 0 aliphatic carbocycles. The van der Waals surface area contributed by atoms with Crippen molar-refractivity contribution in [3.05, 3.63) is 29.6 Å². The molecule has 0 saturated carbocycles. The van der Waals surface area contributed by atoms with Gasteiger partial charge in [-0.25, -0.2) is 8.78 Å². The van der Waals surface area contributed by atoms with Gasteiger partial charge in [0.15, 0.2) is 0 Å². The van der Waals surface area contributed by atoms with Gasteiger partial charge in [-0.05, 0) is 6.07 Å². The smallest absolute Gasteiger partial charge is 0.280 e. The molecule has 0 fully saturated rings. The van der Waals surface area contributed by atoms with Crippen molar-refractivity contribution in [1.29, 1.82) is 0 Å². The molecule has 0 spiro atoms. The third-order valence-electron chi connectivity index (χ3n) is 1.58. The lowest BCUT2D eigenvalue weighted by atomic mass is 10.1. The molecule has 1 aromatic rings.